The molecule has 0 radical (unpaired) electrons. The largest absolute Gasteiger partial charge is 0.383 e. The molecule has 0 amide bonds. The Balaban J connectivity index is 2.34. The fourth-order valence-corrected chi connectivity index (χ4v) is 2.55. The van der Waals surface area contributed by atoms with Crippen LogP contribution in [0, 0.1) is 0 Å². The van der Waals surface area contributed by atoms with E-state index in [1.54, 1.807) is 19.6 Å². The van der Waals surface area contributed by atoms with Crippen molar-refractivity contribution in [3.8, 4) is 0 Å². The third kappa shape index (κ3) is 3.05. The Kier molecular flexibility index (Phi) is 4.73. The summed E-state index contributed by atoms with van der Waals surface area (Å²) in [5.41, 5.74) is 2.02. The molecule has 0 saturated carbocycles. The zero-order valence-electron chi connectivity index (χ0n) is 11.3. The molecule has 2 heterocycles. The Bertz CT molecular complexity index is 536. The molecule has 2 aromatic heterocycles. The van der Waals surface area contributed by atoms with Crippen molar-refractivity contribution in [2.45, 2.75) is 12.6 Å². The highest BCUT2D eigenvalue weighted by Crippen LogP contribution is 2.27. The smallest absolute Gasteiger partial charge is 0.0947 e. The van der Waals surface area contributed by atoms with Crippen LogP contribution in [-0.4, -0.2) is 40.1 Å². The first kappa shape index (κ1) is 14.2. The number of halogens is 1. The number of nitrogens with one attached hydrogen (secondary N) is 1. The van der Waals surface area contributed by atoms with E-state index < -0.39 is 0 Å². The second kappa shape index (κ2) is 6.31. The van der Waals surface area contributed by atoms with Crippen LogP contribution in [0.4, 0.5) is 0 Å². The Labute approximate surface area is 120 Å². The van der Waals surface area contributed by atoms with E-state index in [4.69, 9.17) is 4.74 Å². The van der Waals surface area contributed by atoms with Crippen LogP contribution in [0.5, 0.6) is 0 Å². The molecule has 0 aliphatic heterocycles. The van der Waals surface area contributed by atoms with Crippen LogP contribution in [0.3, 0.4) is 0 Å². The summed E-state index contributed by atoms with van der Waals surface area (Å²) < 4.78 is 9.95. The quantitative estimate of drug-likeness (QED) is 0.869. The first-order valence-electron chi connectivity index (χ1n) is 6.02. The van der Waals surface area contributed by atoms with E-state index in [2.05, 4.69) is 31.3 Å². The third-order valence-corrected chi connectivity index (χ3v) is 3.53. The van der Waals surface area contributed by atoms with E-state index in [1.165, 1.54) is 0 Å². The van der Waals surface area contributed by atoms with Crippen molar-refractivity contribution in [1.82, 2.24) is 24.6 Å². The maximum absolute atomic E-state index is 5.12. The highest BCUT2D eigenvalue weighted by Gasteiger charge is 2.22. The molecule has 6 nitrogen and oxygen atoms in total. The van der Waals surface area contributed by atoms with Crippen molar-refractivity contribution < 1.29 is 4.74 Å². The summed E-state index contributed by atoms with van der Waals surface area (Å²) in [6, 6.07) is -0.00469. The van der Waals surface area contributed by atoms with Crippen LogP contribution in [0.1, 0.15) is 17.4 Å². The van der Waals surface area contributed by atoms with Gasteiger partial charge >= 0.3 is 0 Å². The number of methoxy groups -OCH3 is 1. The minimum atomic E-state index is -0.00469. The van der Waals surface area contributed by atoms with E-state index in [1.807, 2.05) is 29.5 Å². The van der Waals surface area contributed by atoms with Gasteiger partial charge in [0.15, 0.2) is 0 Å². The summed E-state index contributed by atoms with van der Waals surface area (Å²) in [5, 5.41) is 7.65. The zero-order chi connectivity index (χ0) is 13.8. The van der Waals surface area contributed by atoms with Crippen molar-refractivity contribution in [3.63, 3.8) is 0 Å². The van der Waals surface area contributed by atoms with Gasteiger partial charge in [-0.2, -0.15) is 5.10 Å². The number of hydrogen-bond acceptors (Lipinski definition) is 4. The van der Waals surface area contributed by atoms with Gasteiger partial charge in [-0.05, 0) is 23.0 Å². The Morgan fingerprint density at radius 3 is 2.89 bits per heavy atom. The van der Waals surface area contributed by atoms with Gasteiger partial charge in [0.2, 0.25) is 0 Å². The molecule has 104 valence electrons. The lowest BCUT2D eigenvalue weighted by molar-refractivity contribution is 0.182. The third-order valence-electron chi connectivity index (χ3n) is 2.92. The molecule has 19 heavy (non-hydrogen) atoms. The van der Waals surface area contributed by atoms with Crippen LogP contribution in [0.25, 0.3) is 0 Å². The zero-order valence-corrected chi connectivity index (χ0v) is 12.9. The molecule has 0 bridgehead atoms. The molecule has 0 fully saturated rings. The maximum atomic E-state index is 5.12. The number of imidazole rings is 1. The van der Waals surface area contributed by atoms with Crippen molar-refractivity contribution >= 4 is 15.9 Å². The first-order chi connectivity index (χ1) is 9.17. The minimum Gasteiger partial charge on any atom is -0.383 e. The van der Waals surface area contributed by atoms with Gasteiger partial charge in [-0.25, -0.2) is 4.98 Å². The van der Waals surface area contributed by atoms with Crippen LogP contribution in [0.2, 0.25) is 0 Å². The van der Waals surface area contributed by atoms with Crippen molar-refractivity contribution in [1.29, 1.82) is 0 Å². The minimum absolute atomic E-state index is 0.00469. The van der Waals surface area contributed by atoms with Gasteiger partial charge in [-0.15, -0.1) is 0 Å². The van der Waals surface area contributed by atoms with Gasteiger partial charge in [0.1, 0.15) is 0 Å². The molecule has 7 heteroatoms. The number of ether oxygens (including phenoxy) is 1. The summed E-state index contributed by atoms with van der Waals surface area (Å²) in [7, 11) is 5.56. The summed E-state index contributed by atoms with van der Waals surface area (Å²) in [6.07, 6.45) is 5.60. The summed E-state index contributed by atoms with van der Waals surface area (Å²) >= 11 is 3.56. The molecule has 2 aromatic rings. The molecular weight excluding hydrogens is 310 g/mol. The maximum Gasteiger partial charge on any atom is 0.0947 e. The SMILES string of the molecule is CNC(c1cn(C)cn1)c1c(Br)cnn1CCOC. The molecule has 0 aromatic carbocycles. The van der Waals surface area contributed by atoms with Gasteiger partial charge in [0.25, 0.3) is 0 Å². The van der Waals surface area contributed by atoms with Gasteiger partial charge in [-0.3, -0.25) is 4.68 Å². The lowest BCUT2D eigenvalue weighted by Crippen LogP contribution is -2.23. The van der Waals surface area contributed by atoms with E-state index in [-0.39, 0.29) is 6.04 Å². The highest BCUT2D eigenvalue weighted by molar-refractivity contribution is 9.10. The molecule has 1 unspecified atom stereocenters. The topological polar surface area (TPSA) is 56.9 Å². The van der Waals surface area contributed by atoms with Gasteiger partial charge in [0, 0.05) is 20.4 Å². The standard InChI is InChI=1S/C12H18BrN5O/c1-14-11(10-7-17(2)8-15-10)12-9(13)6-16-18(12)4-5-19-3/h6-8,11,14H,4-5H2,1-3H3. The van der Waals surface area contributed by atoms with Crippen molar-refractivity contribution in [2.24, 2.45) is 7.05 Å². The van der Waals surface area contributed by atoms with Crippen LogP contribution in [-0.2, 0) is 18.3 Å². The average molecular weight is 328 g/mol. The second-order valence-corrected chi connectivity index (χ2v) is 5.13. The molecule has 0 saturated heterocycles. The van der Waals surface area contributed by atoms with E-state index in [9.17, 15) is 0 Å². The van der Waals surface area contributed by atoms with Gasteiger partial charge in [0.05, 0.1) is 47.6 Å². The van der Waals surface area contributed by atoms with E-state index in [0.717, 1.165) is 15.9 Å². The van der Waals surface area contributed by atoms with Crippen molar-refractivity contribution in [3.05, 3.63) is 34.6 Å². The Morgan fingerprint density at radius 1 is 1.53 bits per heavy atom. The number of nitrogens with zero attached hydrogens (tertiary/aromatic N) is 4. The summed E-state index contributed by atoms with van der Waals surface area (Å²) in [5.74, 6) is 0. The number of aryl methyl sites for hydroxylation is 1. The van der Waals surface area contributed by atoms with Crippen LogP contribution < -0.4 is 5.32 Å². The molecule has 1 N–H and O–H groups in total. The first-order valence-corrected chi connectivity index (χ1v) is 6.82. The number of aromatic nitrogens is 4. The highest BCUT2D eigenvalue weighted by atomic mass is 79.9. The predicted molar refractivity (Wildman–Crippen MR) is 75.9 cm³/mol. The monoisotopic (exact) mass is 327 g/mol. The lowest BCUT2D eigenvalue weighted by atomic mass is 10.1. The molecule has 0 aliphatic rings. The Hall–Kier alpha value is -1.18. The molecule has 0 spiro atoms. The predicted octanol–water partition coefficient (Wildman–Crippen LogP) is 1.33. The molecule has 2 rings (SSSR count). The van der Waals surface area contributed by atoms with Gasteiger partial charge in [-0.1, -0.05) is 0 Å². The second-order valence-electron chi connectivity index (χ2n) is 4.28. The Morgan fingerprint density at radius 2 is 2.32 bits per heavy atom. The molecule has 0 aliphatic carbocycles. The fraction of sp³-hybridized carbons (Fsp3) is 0.500. The normalized spacial score (nSPS) is 12.8. The van der Waals surface area contributed by atoms with Gasteiger partial charge < -0.3 is 14.6 Å². The average Bonchev–Trinajstić information content (AvgIpc) is 2.97. The summed E-state index contributed by atoms with van der Waals surface area (Å²) in [6.45, 7) is 1.34. The van der Waals surface area contributed by atoms with E-state index >= 15 is 0 Å². The molecular formula is C12H18BrN5O. The van der Waals surface area contributed by atoms with Crippen LogP contribution >= 0.6 is 15.9 Å². The van der Waals surface area contributed by atoms with E-state index in [0.29, 0.717) is 13.2 Å². The van der Waals surface area contributed by atoms with Crippen molar-refractivity contribution in [2.75, 3.05) is 20.8 Å². The summed E-state index contributed by atoms with van der Waals surface area (Å²) in [4.78, 5) is 4.41. The number of hydrogen-bond donors (Lipinski definition) is 1. The number of rotatable bonds is 6. The van der Waals surface area contributed by atoms with Crippen LogP contribution in [0.15, 0.2) is 23.2 Å². The lowest BCUT2D eigenvalue weighted by Gasteiger charge is -2.17. The molecule has 1 atom stereocenters. The fourth-order valence-electron chi connectivity index (χ4n) is 2.02.